The van der Waals surface area contributed by atoms with Gasteiger partial charge in [0.2, 0.25) is 0 Å². The summed E-state index contributed by atoms with van der Waals surface area (Å²) in [5, 5.41) is 16.0. The molecule has 7 nitrogen and oxygen atoms in total. The van der Waals surface area contributed by atoms with Gasteiger partial charge in [0.1, 0.15) is 5.69 Å². The Hall–Kier alpha value is -3.45. The van der Waals surface area contributed by atoms with Crippen LogP contribution in [-0.4, -0.2) is 28.7 Å². The molecule has 0 saturated carbocycles. The number of carbonyl (C=O) groups is 2. The van der Waals surface area contributed by atoms with Crippen molar-refractivity contribution >= 4 is 51.2 Å². The normalized spacial score (nSPS) is 13.2. The molecule has 0 atom stereocenters. The van der Waals surface area contributed by atoms with E-state index in [-0.39, 0.29) is 16.9 Å². The number of anilines is 2. The summed E-state index contributed by atoms with van der Waals surface area (Å²) >= 11 is 6.00. The predicted octanol–water partition coefficient (Wildman–Crippen LogP) is 4.37. The summed E-state index contributed by atoms with van der Waals surface area (Å²) in [6.45, 7) is 0. The summed E-state index contributed by atoms with van der Waals surface area (Å²) in [4.78, 5) is 37.1. The van der Waals surface area contributed by atoms with Gasteiger partial charge in [-0.2, -0.15) is 0 Å². The minimum absolute atomic E-state index is 0.131. The highest BCUT2D eigenvalue weighted by atomic mass is 35.5. The van der Waals surface area contributed by atoms with E-state index in [0.29, 0.717) is 27.0 Å². The number of nitro groups is 1. The first kappa shape index (κ1) is 17.0. The number of carbonyl (C=O) groups excluding carboxylic acids is 2. The lowest BCUT2D eigenvalue weighted by atomic mass is 9.92. The third-order valence-corrected chi connectivity index (χ3v) is 4.74. The van der Waals surface area contributed by atoms with Crippen molar-refractivity contribution in [3.8, 4) is 0 Å². The van der Waals surface area contributed by atoms with Gasteiger partial charge in [0, 0.05) is 40.2 Å². The van der Waals surface area contributed by atoms with Crippen LogP contribution in [0.1, 0.15) is 20.7 Å². The summed E-state index contributed by atoms with van der Waals surface area (Å²) in [6, 6.07) is 12.8. The molecule has 2 amide bonds. The van der Waals surface area contributed by atoms with Crippen molar-refractivity contribution in [1.29, 1.82) is 0 Å². The van der Waals surface area contributed by atoms with E-state index in [0.717, 1.165) is 4.90 Å². The highest BCUT2D eigenvalue weighted by Crippen LogP contribution is 2.41. The zero-order valence-corrected chi connectivity index (χ0v) is 14.8. The van der Waals surface area contributed by atoms with Crippen LogP contribution >= 0.6 is 11.6 Å². The topological polar surface area (TPSA) is 92.6 Å². The summed E-state index contributed by atoms with van der Waals surface area (Å²) in [6.07, 6.45) is 0. The fraction of sp³-hybridized carbons (Fsp3) is 0.0526. The van der Waals surface area contributed by atoms with E-state index in [9.17, 15) is 19.7 Å². The van der Waals surface area contributed by atoms with Crippen molar-refractivity contribution in [1.82, 2.24) is 4.90 Å². The van der Waals surface area contributed by atoms with Gasteiger partial charge in [-0.25, -0.2) is 0 Å². The third kappa shape index (κ3) is 2.60. The van der Waals surface area contributed by atoms with Gasteiger partial charge in [-0.15, -0.1) is 0 Å². The van der Waals surface area contributed by atoms with Crippen LogP contribution < -0.4 is 5.32 Å². The number of imide groups is 1. The quantitative estimate of drug-likeness (QED) is 0.413. The van der Waals surface area contributed by atoms with Gasteiger partial charge in [0.25, 0.3) is 17.5 Å². The number of hydrogen-bond donors (Lipinski definition) is 1. The fourth-order valence-electron chi connectivity index (χ4n) is 3.26. The maximum atomic E-state index is 12.5. The van der Waals surface area contributed by atoms with E-state index in [1.807, 2.05) is 0 Å². The van der Waals surface area contributed by atoms with Gasteiger partial charge in [-0.05, 0) is 24.3 Å². The van der Waals surface area contributed by atoms with Crippen LogP contribution in [0.3, 0.4) is 0 Å². The summed E-state index contributed by atoms with van der Waals surface area (Å²) in [5.74, 6) is -1.01. The van der Waals surface area contributed by atoms with E-state index in [4.69, 9.17) is 11.6 Å². The highest BCUT2D eigenvalue weighted by molar-refractivity contribution is 6.31. The molecule has 27 heavy (non-hydrogen) atoms. The Morgan fingerprint density at radius 2 is 1.74 bits per heavy atom. The molecule has 0 aromatic heterocycles. The minimum atomic E-state index is -0.568. The van der Waals surface area contributed by atoms with Crippen molar-refractivity contribution < 1.29 is 14.5 Å². The summed E-state index contributed by atoms with van der Waals surface area (Å²) < 4.78 is 0. The van der Waals surface area contributed by atoms with Crippen LogP contribution in [-0.2, 0) is 0 Å². The summed E-state index contributed by atoms with van der Waals surface area (Å²) in [7, 11) is 1.36. The van der Waals surface area contributed by atoms with Gasteiger partial charge in [0.05, 0.1) is 10.5 Å². The smallest absolute Gasteiger partial charge is 0.294 e. The molecule has 0 spiro atoms. The Labute approximate surface area is 158 Å². The number of hydrogen-bond acceptors (Lipinski definition) is 5. The molecular weight excluding hydrogens is 370 g/mol. The number of benzene rings is 3. The van der Waals surface area contributed by atoms with Crippen molar-refractivity contribution in [3.05, 3.63) is 74.8 Å². The maximum absolute atomic E-state index is 12.5. The maximum Gasteiger partial charge on any atom is 0.294 e. The second kappa shape index (κ2) is 6.07. The first-order chi connectivity index (χ1) is 12.9. The lowest BCUT2D eigenvalue weighted by Crippen LogP contribution is -2.37. The Morgan fingerprint density at radius 1 is 1.04 bits per heavy atom. The van der Waals surface area contributed by atoms with Crippen LogP contribution in [0.5, 0.6) is 0 Å². The van der Waals surface area contributed by atoms with Crippen molar-refractivity contribution in [2.45, 2.75) is 0 Å². The van der Waals surface area contributed by atoms with E-state index in [1.165, 1.54) is 13.1 Å². The molecular formula is C19H12ClN3O4. The van der Waals surface area contributed by atoms with Gasteiger partial charge in [0.15, 0.2) is 0 Å². The van der Waals surface area contributed by atoms with Gasteiger partial charge >= 0.3 is 0 Å². The Morgan fingerprint density at radius 3 is 2.44 bits per heavy atom. The number of nitrogens with zero attached hydrogens (tertiary/aromatic N) is 2. The van der Waals surface area contributed by atoms with E-state index in [2.05, 4.69) is 5.32 Å². The summed E-state index contributed by atoms with van der Waals surface area (Å²) in [5.41, 5.74) is 0.954. The molecule has 0 bridgehead atoms. The van der Waals surface area contributed by atoms with Crippen molar-refractivity contribution in [3.63, 3.8) is 0 Å². The van der Waals surface area contributed by atoms with Crippen LogP contribution in [0.15, 0.2) is 48.5 Å². The molecule has 0 aliphatic carbocycles. The molecule has 1 N–H and O–H groups in total. The third-order valence-electron chi connectivity index (χ3n) is 4.50. The monoisotopic (exact) mass is 381 g/mol. The standard InChI is InChI=1S/C19H12ClN3O4/c1-22-18(24)13-7-3-6-12-16(13)14(19(22)25)9-15(23(26)27)17(12)21-11-5-2-4-10(20)8-11/h2-9,21H,1H3. The predicted molar refractivity (Wildman–Crippen MR) is 102 cm³/mol. The average Bonchev–Trinajstić information content (AvgIpc) is 2.65. The van der Waals surface area contributed by atoms with Crippen LogP contribution in [0.4, 0.5) is 17.1 Å². The number of rotatable bonds is 3. The molecule has 4 rings (SSSR count). The molecule has 1 aliphatic rings. The number of amides is 2. The molecule has 134 valence electrons. The Bertz CT molecular complexity index is 1160. The SMILES string of the molecule is CN1C(=O)c2cccc3c(Nc4cccc(Cl)c4)c([N+](=O)[O-])cc(c23)C1=O. The molecule has 0 saturated heterocycles. The Balaban J connectivity index is 2.05. The molecule has 3 aromatic carbocycles. The van der Waals surface area contributed by atoms with Crippen LogP contribution in [0, 0.1) is 10.1 Å². The van der Waals surface area contributed by atoms with Crippen molar-refractivity contribution in [2.24, 2.45) is 0 Å². The van der Waals surface area contributed by atoms with Crippen molar-refractivity contribution in [2.75, 3.05) is 12.4 Å². The molecule has 0 fully saturated rings. The van der Waals surface area contributed by atoms with Gasteiger partial charge in [-0.1, -0.05) is 29.8 Å². The lowest BCUT2D eigenvalue weighted by molar-refractivity contribution is -0.383. The second-order valence-electron chi connectivity index (χ2n) is 6.11. The average molecular weight is 382 g/mol. The lowest BCUT2D eigenvalue weighted by Gasteiger charge is -2.24. The van der Waals surface area contributed by atoms with Crippen LogP contribution in [0.25, 0.3) is 10.8 Å². The molecule has 1 aliphatic heterocycles. The van der Waals surface area contributed by atoms with E-state index < -0.39 is 16.7 Å². The molecule has 8 heteroatoms. The second-order valence-corrected chi connectivity index (χ2v) is 6.54. The zero-order valence-electron chi connectivity index (χ0n) is 14.0. The zero-order chi connectivity index (χ0) is 19.3. The van der Waals surface area contributed by atoms with Gasteiger partial charge in [-0.3, -0.25) is 24.6 Å². The first-order valence-electron chi connectivity index (χ1n) is 7.97. The highest BCUT2D eigenvalue weighted by Gasteiger charge is 2.34. The fourth-order valence-corrected chi connectivity index (χ4v) is 3.45. The number of nitro benzene ring substituents is 1. The number of halogens is 1. The number of nitrogens with one attached hydrogen (secondary N) is 1. The van der Waals surface area contributed by atoms with Gasteiger partial charge < -0.3 is 5.32 Å². The molecule has 0 radical (unpaired) electrons. The largest absolute Gasteiger partial charge is 0.349 e. The van der Waals surface area contributed by atoms with Crippen LogP contribution in [0.2, 0.25) is 5.02 Å². The molecule has 0 unspecified atom stereocenters. The van der Waals surface area contributed by atoms with E-state index in [1.54, 1.807) is 42.5 Å². The minimum Gasteiger partial charge on any atom is -0.349 e. The van der Waals surface area contributed by atoms with E-state index >= 15 is 0 Å². The Kier molecular flexibility index (Phi) is 3.82. The first-order valence-corrected chi connectivity index (χ1v) is 8.35. The molecule has 3 aromatic rings. The molecule has 1 heterocycles.